The molecule has 2 aliphatic carbocycles. The van der Waals surface area contributed by atoms with Crippen LogP contribution in [0.15, 0.2) is 36.4 Å². The second-order valence-corrected chi connectivity index (χ2v) is 12.4. The summed E-state index contributed by atoms with van der Waals surface area (Å²) in [6.07, 6.45) is 7.52. The number of benzene rings is 3. The van der Waals surface area contributed by atoms with Crippen LogP contribution in [0.4, 0.5) is 26.3 Å². The van der Waals surface area contributed by atoms with E-state index in [4.69, 9.17) is 9.47 Å². The molecule has 0 bridgehead atoms. The van der Waals surface area contributed by atoms with Gasteiger partial charge in [0.2, 0.25) is 5.82 Å². The van der Waals surface area contributed by atoms with E-state index in [0.717, 1.165) is 32.1 Å². The summed E-state index contributed by atoms with van der Waals surface area (Å²) in [6.45, 7) is 4.33. The maximum Gasteiger partial charge on any atom is 0.201 e. The number of aryl methyl sites for hydroxylation is 1. The zero-order chi connectivity index (χ0) is 31.4. The van der Waals surface area contributed by atoms with Gasteiger partial charge in [-0.05, 0) is 111 Å². The molecule has 3 aromatic carbocycles. The molecule has 0 saturated heterocycles. The lowest BCUT2D eigenvalue weighted by atomic mass is 9.78. The fourth-order valence-corrected chi connectivity index (χ4v) is 6.69. The predicted octanol–water partition coefficient (Wildman–Crippen LogP) is 10.7. The molecule has 0 aliphatic heterocycles. The van der Waals surface area contributed by atoms with Gasteiger partial charge in [0, 0.05) is 17.7 Å². The Hall–Kier alpha value is -3.00. The predicted molar refractivity (Wildman–Crippen MR) is 159 cm³/mol. The molecular weight excluding hydrogens is 578 g/mol. The molecule has 0 radical (unpaired) electrons. The van der Waals surface area contributed by atoms with E-state index in [1.54, 1.807) is 19.1 Å². The van der Waals surface area contributed by atoms with E-state index in [-0.39, 0.29) is 47.0 Å². The molecule has 238 valence electrons. The molecule has 8 heteroatoms. The molecule has 2 nitrogen and oxygen atoms in total. The van der Waals surface area contributed by atoms with Gasteiger partial charge in [-0.3, -0.25) is 0 Å². The summed E-state index contributed by atoms with van der Waals surface area (Å²) in [7, 11) is 0. The van der Waals surface area contributed by atoms with Crippen LogP contribution < -0.4 is 4.74 Å². The number of ether oxygens (including phenoxy) is 2. The van der Waals surface area contributed by atoms with E-state index in [1.807, 2.05) is 6.92 Å². The molecular formula is C36H40F6O2. The summed E-state index contributed by atoms with van der Waals surface area (Å²) < 4.78 is 99.8. The van der Waals surface area contributed by atoms with Crippen molar-refractivity contribution in [2.45, 2.75) is 96.0 Å². The monoisotopic (exact) mass is 618 g/mol. The van der Waals surface area contributed by atoms with Gasteiger partial charge in [0.05, 0.1) is 12.7 Å². The third kappa shape index (κ3) is 6.95. The Morgan fingerprint density at radius 2 is 1.16 bits per heavy atom. The average molecular weight is 619 g/mol. The van der Waals surface area contributed by atoms with Gasteiger partial charge < -0.3 is 9.47 Å². The van der Waals surface area contributed by atoms with Gasteiger partial charge in [-0.2, -0.15) is 4.39 Å². The van der Waals surface area contributed by atoms with Gasteiger partial charge in [0.15, 0.2) is 34.8 Å². The Kier molecular flexibility index (Phi) is 10.6. The van der Waals surface area contributed by atoms with Gasteiger partial charge in [0.25, 0.3) is 0 Å². The maximum absolute atomic E-state index is 15.3. The topological polar surface area (TPSA) is 18.5 Å². The SMILES string of the molecule is CCCCOc1ccc(-c2ccc(C3CCC(OCC4CCC(c5ccc(C)c(F)c5F)CC4)CC3)c(F)c2F)c(F)c1F. The zero-order valence-corrected chi connectivity index (χ0v) is 25.3. The van der Waals surface area contributed by atoms with Crippen LogP contribution in [0, 0.1) is 47.7 Å². The van der Waals surface area contributed by atoms with E-state index < -0.39 is 34.9 Å². The molecule has 0 spiro atoms. The lowest BCUT2D eigenvalue weighted by Crippen LogP contribution is -2.26. The highest BCUT2D eigenvalue weighted by Crippen LogP contribution is 2.41. The quantitative estimate of drug-likeness (QED) is 0.166. The van der Waals surface area contributed by atoms with Gasteiger partial charge in [-0.1, -0.05) is 37.6 Å². The van der Waals surface area contributed by atoms with Crippen molar-refractivity contribution in [1.82, 2.24) is 0 Å². The van der Waals surface area contributed by atoms with Crippen LogP contribution in [0.5, 0.6) is 5.75 Å². The normalized spacial score (nSPS) is 22.3. The number of hydrogen-bond donors (Lipinski definition) is 0. The third-order valence-electron chi connectivity index (χ3n) is 9.48. The van der Waals surface area contributed by atoms with Gasteiger partial charge in [-0.15, -0.1) is 0 Å². The molecule has 0 unspecified atom stereocenters. The Morgan fingerprint density at radius 3 is 1.80 bits per heavy atom. The number of halogens is 6. The second kappa shape index (κ2) is 14.4. The molecule has 2 saturated carbocycles. The molecule has 5 rings (SSSR count). The number of hydrogen-bond acceptors (Lipinski definition) is 2. The Bertz CT molecular complexity index is 1440. The van der Waals surface area contributed by atoms with Crippen LogP contribution in [0.2, 0.25) is 0 Å². The zero-order valence-electron chi connectivity index (χ0n) is 25.3. The Morgan fingerprint density at radius 1 is 0.614 bits per heavy atom. The Labute approximate surface area is 255 Å². The van der Waals surface area contributed by atoms with E-state index in [2.05, 4.69) is 0 Å². The molecule has 0 amide bonds. The highest BCUT2D eigenvalue weighted by atomic mass is 19.2. The first-order chi connectivity index (χ1) is 21.2. The molecule has 0 N–H and O–H groups in total. The largest absolute Gasteiger partial charge is 0.490 e. The molecule has 0 aromatic heterocycles. The maximum atomic E-state index is 15.3. The highest BCUT2D eigenvalue weighted by Gasteiger charge is 2.30. The minimum absolute atomic E-state index is 0.0120. The van der Waals surface area contributed by atoms with Crippen molar-refractivity contribution in [2.24, 2.45) is 5.92 Å². The number of unbranched alkanes of at least 4 members (excludes halogenated alkanes) is 1. The van der Waals surface area contributed by atoms with E-state index in [9.17, 15) is 17.6 Å². The van der Waals surface area contributed by atoms with Crippen molar-refractivity contribution in [1.29, 1.82) is 0 Å². The molecule has 0 heterocycles. The van der Waals surface area contributed by atoms with Crippen molar-refractivity contribution >= 4 is 0 Å². The van der Waals surface area contributed by atoms with Crippen LogP contribution >= 0.6 is 0 Å². The van der Waals surface area contributed by atoms with Crippen molar-refractivity contribution in [2.75, 3.05) is 13.2 Å². The fraction of sp³-hybridized carbons (Fsp3) is 0.500. The molecule has 0 atom stereocenters. The lowest BCUT2D eigenvalue weighted by Gasteiger charge is -2.33. The lowest BCUT2D eigenvalue weighted by molar-refractivity contribution is -0.00294. The van der Waals surface area contributed by atoms with Crippen molar-refractivity contribution < 1.29 is 35.8 Å². The van der Waals surface area contributed by atoms with Crippen molar-refractivity contribution in [3.8, 4) is 16.9 Å². The fourth-order valence-electron chi connectivity index (χ4n) is 6.69. The summed E-state index contributed by atoms with van der Waals surface area (Å²) in [5.74, 6) is -6.29. The first kappa shape index (κ1) is 32.4. The van der Waals surface area contributed by atoms with Crippen LogP contribution in [0.3, 0.4) is 0 Å². The summed E-state index contributed by atoms with van der Waals surface area (Å²) in [5.41, 5.74) is 0.336. The van der Waals surface area contributed by atoms with E-state index in [0.29, 0.717) is 55.8 Å². The molecule has 2 aliphatic rings. The smallest absolute Gasteiger partial charge is 0.201 e. The van der Waals surface area contributed by atoms with E-state index >= 15 is 8.78 Å². The number of rotatable bonds is 10. The van der Waals surface area contributed by atoms with Crippen LogP contribution in [0.1, 0.15) is 99.7 Å². The van der Waals surface area contributed by atoms with Gasteiger partial charge in [0.1, 0.15) is 0 Å². The van der Waals surface area contributed by atoms with E-state index in [1.165, 1.54) is 24.3 Å². The summed E-state index contributed by atoms with van der Waals surface area (Å²) in [5, 5.41) is 0. The first-order valence-electron chi connectivity index (χ1n) is 15.8. The summed E-state index contributed by atoms with van der Waals surface area (Å²) in [4.78, 5) is 0. The molecule has 44 heavy (non-hydrogen) atoms. The molecule has 3 aromatic rings. The van der Waals surface area contributed by atoms with Gasteiger partial charge in [-0.25, -0.2) is 22.0 Å². The first-order valence-corrected chi connectivity index (χ1v) is 15.8. The summed E-state index contributed by atoms with van der Waals surface area (Å²) in [6, 6.07) is 8.59. The minimum atomic E-state index is -1.27. The van der Waals surface area contributed by atoms with Crippen molar-refractivity contribution in [3.05, 3.63) is 88.0 Å². The van der Waals surface area contributed by atoms with Crippen LogP contribution in [-0.2, 0) is 4.74 Å². The van der Waals surface area contributed by atoms with Crippen molar-refractivity contribution in [3.63, 3.8) is 0 Å². The average Bonchev–Trinajstić information content (AvgIpc) is 3.03. The Balaban J connectivity index is 1.13. The standard InChI is InChI=1S/C36H40F6O2/c1-3-4-19-43-30-18-17-29(35(41)36(30)42)28-16-15-27(33(39)34(28)40)24-10-12-25(13-11-24)44-20-22-6-8-23(9-7-22)26-14-5-21(2)31(37)32(26)38/h5,14-18,22-25H,3-4,6-13,19-20H2,1-2H3. The van der Waals surface area contributed by atoms with Crippen LogP contribution in [-0.4, -0.2) is 19.3 Å². The minimum Gasteiger partial charge on any atom is -0.490 e. The van der Waals surface area contributed by atoms with Gasteiger partial charge >= 0.3 is 0 Å². The second-order valence-electron chi connectivity index (χ2n) is 12.4. The van der Waals surface area contributed by atoms with Crippen LogP contribution in [0.25, 0.3) is 11.1 Å². The highest BCUT2D eigenvalue weighted by molar-refractivity contribution is 5.66. The molecule has 2 fully saturated rings. The summed E-state index contributed by atoms with van der Waals surface area (Å²) >= 11 is 0. The third-order valence-corrected chi connectivity index (χ3v) is 9.48.